The Morgan fingerprint density at radius 2 is 2.04 bits per heavy atom. The molecule has 1 amide bonds. The number of fused-ring (bicyclic) bond motifs is 2. The highest BCUT2D eigenvalue weighted by Gasteiger charge is 2.16. The zero-order valence-corrected chi connectivity index (χ0v) is 16.1. The van der Waals surface area contributed by atoms with Crippen LogP contribution in [0.3, 0.4) is 0 Å². The molecule has 6 nitrogen and oxygen atoms in total. The van der Waals surface area contributed by atoms with Gasteiger partial charge < -0.3 is 19.8 Å². The molecule has 0 radical (unpaired) electrons. The summed E-state index contributed by atoms with van der Waals surface area (Å²) in [5.74, 6) is 1.73. The second-order valence-corrected chi connectivity index (χ2v) is 7.51. The summed E-state index contributed by atoms with van der Waals surface area (Å²) >= 11 is 1.40. The van der Waals surface area contributed by atoms with Crippen molar-refractivity contribution in [1.82, 2.24) is 15.3 Å². The molecule has 140 valence electrons. The van der Waals surface area contributed by atoms with Gasteiger partial charge in [0.15, 0.2) is 16.7 Å². The lowest BCUT2D eigenvalue weighted by molar-refractivity contribution is -0.119. The molecule has 1 atom stereocenters. The number of rotatable bonds is 5. The summed E-state index contributed by atoms with van der Waals surface area (Å²) < 4.78 is 11.1. The minimum atomic E-state index is -0.118. The van der Waals surface area contributed by atoms with E-state index in [0.717, 1.165) is 33.3 Å². The van der Waals surface area contributed by atoms with Gasteiger partial charge in [0.1, 0.15) is 13.2 Å². The van der Waals surface area contributed by atoms with Gasteiger partial charge in [-0.05, 0) is 49.2 Å². The molecule has 0 saturated carbocycles. The molecule has 3 aromatic rings. The number of aryl methyl sites for hydroxylation is 1. The Labute approximate surface area is 161 Å². The van der Waals surface area contributed by atoms with E-state index in [-0.39, 0.29) is 11.9 Å². The second kappa shape index (κ2) is 7.52. The second-order valence-electron chi connectivity index (χ2n) is 6.54. The van der Waals surface area contributed by atoms with E-state index in [9.17, 15) is 4.79 Å². The largest absolute Gasteiger partial charge is 0.486 e. The van der Waals surface area contributed by atoms with Gasteiger partial charge >= 0.3 is 0 Å². The molecular formula is C20H21N3O3S. The third-order valence-corrected chi connectivity index (χ3v) is 5.27. The summed E-state index contributed by atoms with van der Waals surface area (Å²) in [6.07, 6.45) is 0. The summed E-state index contributed by atoms with van der Waals surface area (Å²) in [5, 5.41) is 3.77. The number of ether oxygens (including phenoxy) is 2. The zero-order chi connectivity index (χ0) is 18.8. The number of nitrogens with zero attached hydrogens (tertiary/aromatic N) is 1. The standard InChI is InChI=1S/C20H21N3O3S/c1-12-3-5-15-16(9-12)23-20(22-15)27-11-19(24)21-13(2)14-4-6-17-18(10-14)26-8-7-25-17/h3-6,9-10,13H,7-8,11H2,1-2H3,(H,21,24)(H,22,23). The molecule has 2 aromatic carbocycles. The van der Waals surface area contributed by atoms with Gasteiger partial charge in [-0.2, -0.15) is 0 Å². The van der Waals surface area contributed by atoms with E-state index < -0.39 is 0 Å². The number of benzene rings is 2. The highest BCUT2D eigenvalue weighted by molar-refractivity contribution is 7.99. The fourth-order valence-electron chi connectivity index (χ4n) is 3.00. The third-order valence-electron chi connectivity index (χ3n) is 4.40. The van der Waals surface area contributed by atoms with E-state index in [0.29, 0.717) is 19.0 Å². The molecule has 0 aliphatic carbocycles. The van der Waals surface area contributed by atoms with Crippen molar-refractivity contribution < 1.29 is 14.3 Å². The van der Waals surface area contributed by atoms with Crippen LogP contribution in [0.5, 0.6) is 11.5 Å². The van der Waals surface area contributed by atoms with Crippen molar-refractivity contribution in [2.75, 3.05) is 19.0 Å². The lowest BCUT2D eigenvalue weighted by Crippen LogP contribution is -2.28. The minimum Gasteiger partial charge on any atom is -0.486 e. The lowest BCUT2D eigenvalue weighted by atomic mass is 10.1. The number of nitrogens with one attached hydrogen (secondary N) is 2. The van der Waals surface area contributed by atoms with Crippen molar-refractivity contribution >= 4 is 28.7 Å². The molecule has 7 heteroatoms. The summed E-state index contributed by atoms with van der Waals surface area (Å²) in [6, 6.07) is 11.7. The monoisotopic (exact) mass is 383 g/mol. The molecule has 1 unspecified atom stereocenters. The third kappa shape index (κ3) is 4.03. The summed E-state index contributed by atoms with van der Waals surface area (Å²) in [7, 11) is 0. The number of carbonyl (C=O) groups excluding carboxylic acids is 1. The first kappa shape index (κ1) is 17.7. The van der Waals surface area contributed by atoms with E-state index in [1.54, 1.807) is 0 Å². The van der Waals surface area contributed by atoms with Crippen molar-refractivity contribution in [2.45, 2.75) is 25.0 Å². The quantitative estimate of drug-likeness (QED) is 0.658. The Bertz CT molecular complexity index is 986. The van der Waals surface area contributed by atoms with Crippen LogP contribution in [0.4, 0.5) is 0 Å². The molecule has 27 heavy (non-hydrogen) atoms. The van der Waals surface area contributed by atoms with Crippen LogP contribution >= 0.6 is 11.8 Å². The van der Waals surface area contributed by atoms with Crippen molar-refractivity contribution in [3.8, 4) is 11.5 Å². The average molecular weight is 383 g/mol. The number of H-pyrrole nitrogens is 1. The van der Waals surface area contributed by atoms with Gasteiger partial charge in [0.05, 0.1) is 22.8 Å². The molecule has 0 saturated heterocycles. The molecule has 2 heterocycles. The molecule has 1 aliphatic rings. The molecule has 0 bridgehead atoms. The summed E-state index contributed by atoms with van der Waals surface area (Å²) in [4.78, 5) is 20.1. The molecular weight excluding hydrogens is 362 g/mol. The number of amides is 1. The number of hydrogen-bond donors (Lipinski definition) is 2. The Kier molecular flexibility index (Phi) is 4.94. The first-order valence-corrected chi connectivity index (χ1v) is 9.85. The topological polar surface area (TPSA) is 76.2 Å². The van der Waals surface area contributed by atoms with E-state index >= 15 is 0 Å². The Morgan fingerprint density at radius 3 is 2.89 bits per heavy atom. The van der Waals surface area contributed by atoms with Gasteiger partial charge in [-0.1, -0.05) is 23.9 Å². The highest BCUT2D eigenvalue weighted by Crippen LogP contribution is 2.32. The van der Waals surface area contributed by atoms with Crippen molar-refractivity contribution in [3.63, 3.8) is 0 Å². The normalized spacial score (nSPS) is 14.1. The first-order chi connectivity index (χ1) is 13.1. The van der Waals surface area contributed by atoms with Crippen LogP contribution in [0.25, 0.3) is 11.0 Å². The summed E-state index contributed by atoms with van der Waals surface area (Å²) in [5.41, 5.74) is 4.06. The zero-order valence-electron chi connectivity index (χ0n) is 15.2. The number of hydrogen-bond acceptors (Lipinski definition) is 5. The van der Waals surface area contributed by atoms with Gasteiger partial charge in [0.2, 0.25) is 5.91 Å². The number of aromatic nitrogens is 2. The van der Waals surface area contributed by atoms with E-state index in [4.69, 9.17) is 9.47 Å². The maximum Gasteiger partial charge on any atom is 0.230 e. The fraction of sp³-hybridized carbons (Fsp3) is 0.300. The van der Waals surface area contributed by atoms with Gasteiger partial charge in [0.25, 0.3) is 0 Å². The van der Waals surface area contributed by atoms with E-state index in [1.807, 2.05) is 44.2 Å². The number of thioether (sulfide) groups is 1. The van der Waals surface area contributed by atoms with Crippen LogP contribution in [0.1, 0.15) is 24.1 Å². The predicted molar refractivity (Wildman–Crippen MR) is 106 cm³/mol. The van der Waals surface area contributed by atoms with Crippen LogP contribution in [-0.2, 0) is 4.79 Å². The van der Waals surface area contributed by atoms with Crippen LogP contribution in [0.15, 0.2) is 41.6 Å². The average Bonchev–Trinajstić information content (AvgIpc) is 3.08. The van der Waals surface area contributed by atoms with Crippen LogP contribution < -0.4 is 14.8 Å². The molecule has 1 aromatic heterocycles. The van der Waals surface area contributed by atoms with Crippen LogP contribution in [0, 0.1) is 6.92 Å². The van der Waals surface area contributed by atoms with Crippen molar-refractivity contribution in [1.29, 1.82) is 0 Å². The molecule has 1 aliphatic heterocycles. The molecule has 0 fully saturated rings. The van der Waals surface area contributed by atoms with Gasteiger partial charge in [-0.25, -0.2) is 4.98 Å². The number of carbonyl (C=O) groups is 1. The number of imidazole rings is 1. The molecule has 0 spiro atoms. The predicted octanol–water partition coefficient (Wildman–Crippen LogP) is 3.61. The van der Waals surface area contributed by atoms with Crippen molar-refractivity contribution in [3.05, 3.63) is 47.5 Å². The van der Waals surface area contributed by atoms with E-state index in [2.05, 4.69) is 21.4 Å². The highest BCUT2D eigenvalue weighted by atomic mass is 32.2. The van der Waals surface area contributed by atoms with Gasteiger partial charge in [-0.3, -0.25) is 4.79 Å². The summed E-state index contributed by atoms with van der Waals surface area (Å²) in [6.45, 7) is 5.11. The lowest BCUT2D eigenvalue weighted by Gasteiger charge is -2.21. The Balaban J connectivity index is 1.35. The van der Waals surface area contributed by atoms with Crippen LogP contribution in [-0.4, -0.2) is 34.8 Å². The van der Waals surface area contributed by atoms with Gasteiger partial charge in [0, 0.05) is 0 Å². The maximum atomic E-state index is 12.3. The number of aromatic amines is 1. The SMILES string of the molecule is Cc1ccc2nc(SCC(=O)NC(C)c3ccc4c(c3)OCCO4)[nH]c2c1. The van der Waals surface area contributed by atoms with Gasteiger partial charge in [-0.15, -0.1) is 0 Å². The Hall–Kier alpha value is -2.67. The van der Waals surface area contributed by atoms with Crippen LogP contribution in [0.2, 0.25) is 0 Å². The fourth-order valence-corrected chi connectivity index (χ4v) is 3.69. The minimum absolute atomic E-state index is 0.0426. The van der Waals surface area contributed by atoms with Crippen molar-refractivity contribution in [2.24, 2.45) is 0 Å². The van der Waals surface area contributed by atoms with E-state index in [1.165, 1.54) is 17.3 Å². The maximum absolute atomic E-state index is 12.3. The molecule has 4 rings (SSSR count). The Morgan fingerprint density at radius 1 is 1.22 bits per heavy atom. The first-order valence-electron chi connectivity index (χ1n) is 8.86. The smallest absolute Gasteiger partial charge is 0.230 e. The molecule has 2 N–H and O–H groups in total.